The van der Waals surface area contributed by atoms with Gasteiger partial charge in [0.2, 0.25) is 5.91 Å². The average Bonchev–Trinajstić information content (AvgIpc) is 3.32. The zero-order valence-electron chi connectivity index (χ0n) is 14.0. The molecule has 2 aromatic heterocycles. The van der Waals surface area contributed by atoms with Crippen molar-refractivity contribution in [2.24, 2.45) is 0 Å². The summed E-state index contributed by atoms with van der Waals surface area (Å²) in [6.07, 6.45) is 0.181. The molecule has 0 saturated carbocycles. The third-order valence-corrected chi connectivity index (χ3v) is 5.19. The summed E-state index contributed by atoms with van der Waals surface area (Å²) in [7, 11) is 1.57. The van der Waals surface area contributed by atoms with Crippen molar-refractivity contribution < 1.29 is 14.3 Å². The number of ether oxygens (including phenoxy) is 1. The van der Waals surface area contributed by atoms with Crippen LogP contribution in [0.5, 0.6) is 5.75 Å². The summed E-state index contributed by atoms with van der Waals surface area (Å²) in [5, 5.41) is 9.81. The van der Waals surface area contributed by atoms with Crippen LogP contribution in [0.3, 0.4) is 0 Å². The van der Waals surface area contributed by atoms with Gasteiger partial charge in [0.1, 0.15) is 5.75 Å². The molecule has 0 spiro atoms. The third kappa shape index (κ3) is 4.90. The molecule has 0 aliphatic heterocycles. The van der Waals surface area contributed by atoms with Crippen LogP contribution >= 0.6 is 22.7 Å². The first-order valence-electron chi connectivity index (χ1n) is 7.83. The number of anilines is 1. The van der Waals surface area contributed by atoms with Crippen molar-refractivity contribution in [2.75, 3.05) is 12.4 Å². The minimum Gasteiger partial charge on any atom is -0.497 e. The maximum atomic E-state index is 12.2. The lowest BCUT2D eigenvalue weighted by Gasteiger charge is -2.03. The fraction of sp³-hybridized carbons (Fsp3) is 0.167. The highest BCUT2D eigenvalue weighted by molar-refractivity contribution is 7.14. The van der Waals surface area contributed by atoms with E-state index in [1.807, 2.05) is 17.5 Å². The molecule has 2 heterocycles. The van der Waals surface area contributed by atoms with Gasteiger partial charge in [-0.3, -0.25) is 14.9 Å². The molecule has 0 unspecified atom stereocenters. The number of benzene rings is 1. The molecule has 8 heteroatoms. The largest absolute Gasteiger partial charge is 0.497 e. The number of amides is 2. The first-order chi connectivity index (χ1) is 12.6. The van der Waals surface area contributed by atoms with Gasteiger partial charge in [-0.05, 0) is 35.7 Å². The van der Waals surface area contributed by atoms with E-state index in [2.05, 4.69) is 15.6 Å². The molecule has 3 rings (SSSR count). The predicted molar refractivity (Wildman–Crippen MR) is 103 cm³/mol. The van der Waals surface area contributed by atoms with Gasteiger partial charge in [-0.25, -0.2) is 4.98 Å². The summed E-state index contributed by atoms with van der Waals surface area (Å²) in [5.41, 5.74) is 1.14. The zero-order chi connectivity index (χ0) is 18.4. The summed E-state index contributed by atoms with van der Waals surface area (Å²) in [6, 6.07) is 10.7. The van der Waals surface area contributed by atoms with Gasteiger partial charge in [-0.15, -0.1) is 22.7 Å². The molecule has 0 bridgehead atoms. The minimum absolute atomic E-state index is 0.100. The quantitative estimate of drug-likeness (QED) is 0.652. The van der Waals surface area contributed by atoms with Crippen molar-refractivity contribution in [2.45, 2.75) is 13.0 Å². The number of nitrogens with one attached hydrogen (secondary N) is 2. The fourth-order valence-electron chi connectivity index (χ4n) is 2.18. The number of thiazole rings is 1. The lowest BCUT2D eigenvalue weighted by Crippen LogP contribution is -2.24. The summed E-state index contributed by atoms with van der Waals surface area (Å²) < 4.78 is 5.07. The van der Waals surface area contributed by atoms with E-state index in [0.29, 0.717) is 28.7 Å². The number of hydrogen-bond acceptors (Lipinski definition) is 6. The molecule has 0 fully saturated rings. The Bertz CT molecular complexity index is 873. The van der Waals surface area contributed by atoms with E-state index in [4.69, 9.17) is 4.74 Å². The molecular formula is C18H17N3O3S2. The minimum atomic E-state index is -0.254. The van der Waals surface area contributed by atoms with Crippen LogP contribution in [0.25, 0.3) is 0 Å². The van der Waals surface area contributed by atoms with E-state index in [9.17, 15) is 9.59 Å². The van der Waals surface area contributed by atoms with E-state index in [-0.39, 0.29) is 18.2 Å². The Hall–Kier alpha value is -2.71. The lowest BCUT2D eigenvalue weighted by molar-refractivity contribution is -0.120. The van der Waals surface area contributed by atoms with Gasteiger partial charge < -0.3 is 10.1 Å². The highest BCUT2D eigenvalue weighted by Gasteiger charge is 2.11. The number of hydrogen-bond donors (Lipinski definition) is 2. The van der Waals surface area contributed by atoms with Crippen LogP contribution in [0.15, 0.2) is 47.2 Å². The lowest BCUT2D eigenvalue weighted by atomic mass is 10.2. The number of rotatable bonds is 7. The number of carbonyl (C=O) groups is 2. The molecule has 0 radical (unpaired) electrons. The maximum Gasteiger partial charge on any atom is 0.257 e. The topological polar surface area (TPSA) is 80.3 Å². The first kappa shape index (κ1) is 18.1. The molecule has 0 atom stereocenters. The SMILES string of the molecule is COc1ccc(C(=O)Nc2nc(CC(=O)NCc3cccs3)cs2)cc1. The average molecular weight is 387 g/mol. The van der Waals surface area contributed by atoms with Crippen molar-refractivity contribution >= 4 is 39.6 Å². The zero-order valence-corrected chi connectivity index (χ0v) is 15.7. The molecule has 26 heavy (non-hydrogen) atoms. The van der Waals surface area contributed by atoms with Crippen LogP contribution in [-0.4, -0.2) is 23.9 Å². The third-order valence-electron chi connectivity index (χ3n) is 3.51. The normalized spacial score (nSPS) is 10.3. The van der Waals surface area contributed by atoms with Crippen LogP contribution in [-0.2, 0) is 17.8 Å². The number of carbonyl (C=O) groups excluding carboxylic acids is 2. The van der Waals surface area contributed by atoms with Crippen LogP contribution in [0.4, 0.5) is 5.13 Å². The van der Waals surface area contributed by atoms with Gasteiger partial charge in [-0.2, -0.15) is 0 Å². The second-order valence-corrected chi connectivity index (χ2v) is 7.25. The van der Waals surface area contributed by atoms with Crippen LogP contribution in [0.2, 0.25) is 0 Å². The Morgan fingerprint density at radius 1 is 1.15 bits per heavy atom. The predicted octanol–water partition coefficient (Wildman–Crippen LogP) is 3.32. The Morgan fingerprint density at radius 3 is 2.65 bits per heavy atom. The van der Waals surface area contributed by atoms with Gasteiger partial charge in [-0.1, -0.05) is 6.07 Å². The number of nitrogens with zero attached hydrogens (tertiary/aromatic N) is 1. The van der Waals surface area contributed by atoms with E-state index in [1.54, 1.807) is 48.1 Å². The van der Waals surface area contributed by atoms with Crippen LogP contribution in [0.1, 0.15) is 20.9 Å². The first-order valence-corrected chi connectivity index (χ1v) is 9.59. The molecule has 1 aromatic carbocycles. The molecule has 6 nitrogen and oxygen atoms in total. The molecule has 0 saturated heterocycles. The van der Waals surface area contributed by atoms with E-state index >= 15 is 0 Å². The van der Waals surface area contributed by atoms with Crippen LogP contribution in [0, 0.1) is 0 Å². The number of aromatic nitrogens is 1. The second-order valence-electron chi connectivity index (χ2n) is 5.36. The van der Waals surface area contributed by atoms with Gasteiger partial charge >= 0.3 is 0 Å². The van der Waals surface area contributed by atoms with Crippen molar-refractivity contribution in [3.63, 3.8) is 0 Å². The molecule has 0 aliphatic carbocycles. The fourth-order valence-corrected chi connectivity index (χ4v) is 3.53. The van der Waals surface area contributed by atoms with Gasteiger partial charge in [0.05, 0.1) is 25.8 Å². The summed E-state index contributed by atoms with van der Waals surface area (Å²) in [4.78, 5) is 29.6. The second kappa shape index (κ2) is 8.59. The van der Waals surface area contributed by atoms with Crippen molar-refractivity contribution in [3.8, 4) is 5.75 Å². The number of methoxy groups -OCH3 is 1. The van der Waals surface area contributed by atoms with Gasteiger partial charge in [0.25, 0.3) is 5.91 Å². The molecule has 2 amide bonds. The molecule has 134 valence electrons. The van der Waals surface area contributed by atoms with Crippen molar-refractivity contribution in [1.29, 1.82) is 0 Å². The maximum absolute atomic E-state index is 12.2. The van der Waals surface area contributed by atoms with E-state index in [1.165, 1.54) is 11.3 Å². The van der Waals surface area contributed by atoms with E-state index in [0.717, 1.165) is 4.88 Å². The highest BCUT2D eigenvalue weighted by atomic mass is 32.1. The van der Waals surface area contributed by atoms with Gasteiger partial charge in [0.15, 0.2) is 5.13 Å². The standard InChI is InChI=1S/C18H17N3O3S2/c1-24-14-6-4-12(5-7-14)17(23)21-18-20-13(11-26-18)9-16(22)19-10-15-3-2-8-25-15/h2-8,11H,9-10H2,1H3,(H,19,22)(H,20,21,23). The molecule has 2 N–H and O–H groups in total. The molecule has 0 aliphatic rings. The molecule has 3 aromatic rings. The van der Waals surface area contributed by atoms with Crippen molar-refractivity contribution in [1.82, 2.24) is 10.3 Å². The molecular weight excluding hydrogens is 370 g/mol. The Morgan fingerprint density at radius 2 is 1.96 bits per heavy atom. The van der Waals surface area contributed by atoms with Crippen molar-refractivity contribution in [3.05, 3.63) is 63.3 Å². The van der Waals surface area contributed by atoms with E-state index < -0.39 is 0 Å². The summed E-state index contributed by atoms with van der Waals surface area (Å²) >= 11 is 2.89. The summed E-state index contributed by atoms with van der Waals surface area (Å²) in [5.74, 6) is 0.332. The summed E-state index contributed by atoms with van der Waals surface area (Å²) in [6.45, 7) is 0.516. The monoisotopic (exact) mass is 387 g/mol. The Kier molecular flexibility index (Phi) is 5.98. The van der Waals surface area contributed by atoms with Gasteiger partial charge in [0, 0.05) is 15.8 Å². The highest BCUT2D eigenvalue weighted by Crippen LogP contribution is 2.18. The number of thiophene rings is 1. The van der Waals surface area contributed by atoms with Crippen LogP contribution < -0.4 is 15.4 Å². The Labute approximate surface area is 158 Å². The smallest absolute Gasteiger partial charge is 0.257 e. The Balaban J connectivity index is 1.52.